The summed E-state index contributed by atoms with van der Waals surface area (Å²) in [5.74, 6) is 0. The van der Waals surface area contributed by atoms with E-state index in [2.05, 4.69) is 11.9 Å². The molecular formula is C8H14N2O. The fraction of sp³-hybridized carbons (Fsp3) is 0.625. The molecule has 0 saturated heterocycles. The molecule has 1 rings (SSSR count). The van der Waals surface area contributed by atoms with Crippen molar-refractivity contribution in [2.24, 2.45) is 0 Å². The fourth-order valence-electron chi connectivity index (χ4n) is 1.00. The van der Waals surface area contributed by atoms with Crippen LogP contribution in [-0.2, 0) is 11.3 Å². The molecule has 0 aliphatic carbocycles. The summed E-state index contributed by atoms with van der Waals surface area (Å²) in [5.41, 5.74) is 0. The second-order valence-corrected chi connectivity index (χ2v) is 2.53. The van der Waals surface area contributed by atoms with Crippen molar-refractivity contribution in [1.29, 1.82) is 0 Å². The highest BCUT2D eigenvalue weighted by Gasteiger charge is 2.03. The molecule has 0 N–H and O–H groups in total. The molecule has 0 amide bonds. The van der Waals surface area contributed by atoms with Gasteiger partial charge in [-0.15, -0.1) is 0 Å². The zero-order chi connectivity index (χ0) is 8.10. The molecule has 1 aromatic heterocycles. The summed E-state index contributed by atoms with van der Waals surface area (Å²) in [4.78, 5) is 3.95. The summed E-state index contributed by atoms with van der Waals surface area (Å²) in [5, 5.41) is 0. The van der Waals surface area contributed by atoms with Crippen LogP contribution >= 0.6 is 0 Å². The maximum atomic E-state index is 5.22. The highest BCUT2D eigenvalue weighted by Crippen LogP contribution is 1.99. The van der Waals surface area contributed by atoms with E-state index in [-0.39, 0.29) is 0 Å². The Balaban J connectivity index is 2.41. The van der Waals surface area contributed by atoms with Crippen molar-refractivity contribution in [3.63, 3.8) is 0 Å². The minimum Gasteiger partial charge on any atom is -0.380 e. The van der Waals surface area contributed by atoms with Crippen LogP contribution in [-0.4, -0.2) is 22.8 Å². The number of rotatable bonds is 4. The number of aromatic nitrogens is 2. The van der Waals surface area contributed by atoms with Gasteiger partial charge in [0.1, 0.15) is 0 Å². The van der Waals surface area contributed by atoms with Gasteiger partial charge in [0.05, 0.1) is 12.4 Å². The van der Waals surface area contributed by atoms with Gasteiger partial charge in [0, 0.05) is 26.0 Å². The van der Waals surface area contributed by atoms with Gasteiger partial charge in [0.25, 0.3) is 0 Å². The summed E-state index contributed by atoms with van der Waals surface area (Å²) in [6.07, 6.45) is 6.88. The largest absolute Gasteiger partial charge is 0.380 e. The zero-order valence-electron chi connectivity index (χ0n) is 7.03. The third-order valence-electron chi connectivity index (χ3n) is 1.76. The first-order valence-corrected chi connectivity index (χ1v) is 3.85. The van der Waals surface area contributed by atoms with Crippen molar-refractivity contribution in [2.45, 2.75) is 26.0 Å². The van der Waals surface area contributed by atoms with E-state index in [4.69, 9.17) is 4.74 Å². The van der Waals surface area contributed by atoms with Crippen molar-refractivity contribution in [3.05, 3.63) is 18.7 Å². The Hall–Kier alpha value is -0.830. The first-order chi connectivity index (χ1) is 5.36. The minimum absolute atomic E-state index is 0.309. The van der Waals surface area contributed by atoms with Gasteiger partial charge in [0.2, 0.25) is 0 Å². The highest BCUT2D eigenvalue weighted by molar-refractivity contribution is 4.75. The maximum absolute atomic E-state index is 5.22. The van der Waals surface area contributed by atoms with Gasteiger partial charge in [-0.25, -0.2) is 4.98 Å². The van der Waals surface area contributed by atoms with Gasteiger partial charge < -0.3 is 9.30 Å². The number of methoxy groups -OCH3 is 1. The lowest BCUT2D eigenvalue weighted by molar-refractivity contribution is 0.0846. The molecule has 0 spiro atoms. The van der Waals surface area contributed by atoms with Crippen LogP contribution in [0.5, 0.6) is 0 Å². The van der Waals surface area contributed by atoms with Crippen molar-refractivity contribution < 1.29 is 4.74 Å². The minimum atomic E-state index is 0.309. The van der Waals surface area contributed by atoms with E-state index in [9.17, 15) is 0 Å². The predicted octanol–water partition coefficient (Wildman–Crippen LogP) is 1.31. The van der Waals surface area contributed by atoms with Crippen molar-refractivity contribution in [3.8, 4) is 0 Å². The summed E-state index contributed by atoms with van der Waals surface area (Å²) >= 11 is 0. The molecule has 11 heavy (non-hydrogen) atoms. The predicted molar refractivity (Wildman–Crippen MR) is 43.3 cm³/mol. The summed E-state index contributed by atoms with van der Waals surface area (Å²) < 4.78 is 7.25. The van der Waals surface area contributed by atoms with Crippen molar-refractivity contribution >= 4 is 0 Å². The van der Waals surface area contributed by atoms with E-state index < -0.39 is 0 Å². The molecule has 0 aliphatic heterocycles. The molecule has 62 valence electrons. The number of ether oxygens (including phenoxy) is 1. The van der Waals surface area contributed by atoms with E-state index in [0.717, 1.165) is 13.0 Å². The molecule has 1 aromatic rings. The van der Waals surface area contributed by atoms with Gasteiger partial charge in [-0.1, -0.05) is 6.92 Å². The number of nitrogens with zero attached hydrogens (tertiary/aromatic N) is 2. The number of hydrogen-bond acceptors (Lipinski definition) is 2. The average Bonchev–Trinajstić information content (AvgIpc) is 2.52. The molecule has 1 unspecified atom stereocenters. The monoisotopic (exact) mass is 154 g/mol. The second kappa shape index (κ2) is 4.13. The molecule has 1 atom stereocenters. The molecule has 0 aliphatic rings. The van der Waals surface area contributed by atoms with Crippen molar-refractivity contribution in [2.75, 3.05) is 7.11 Å². The van der Waals surface area contributed by atoms with E-state index >= 15 is 0 Å². The smallest absolute Gasteiger partial charge is 0.0946 e. The Morgan fingerprint density at radius 1 is 1.64 bits per heavy atom. The second-order valence-electron chi connectivity index (χ2n) is 2.53. The van der Waals surface area contributed by atoms with Crippen LogP contribution in [0.15, 0.2) is 18.7 Å². The van der Waals surface area contributed by atoms with Crippen LogP contribution in [0.1, 0.15) is 13.3 Å². The van der Waals surface area contributed by atoms with Gasteiger partial charge in [-0.3, -0.25) is 0 Å². The summed E-state index contributed by atoms with van der Waals surface area (Å²) in [6, 6.07) is 0. The molecule has 0 bridgehead atoms. The summed E-state index contributed by atoms with van der Waals surface area (Å²) in [7, 11) is 1.74. The van der Waals surface area contributed by atoms with Crippen molar-refractivity contribution in [1.82, 2.24) is 9.55 Å². The molecule has 3 nitrogen and oxygen atoms in total. The first-order valence-electron chi connectivity index (χ1n) is 3.85. The molecular weight excluding hydrogens is 140 g/mol. The van der Waals surface area contributed by atoms with Crippen LogP contribution in [0.25, 0.3) is 0 Å². The Labute approximate surface area is 67.0 Å². The third kappa shape index (κ3) is 2.35. The summed E-state index contributed by atoms with van der Waals surface area (Å²) in [6.45, 7) is 3.01. The van der Waals surface area contributed by atoms with E-state index in [0.29, 0.717) is 6.10 Å². The van der Waals surface area contributed by atoms with Gasteiger partial charge >= 0.3 is 0 Å². The first kappa shape index (κ1) is 8.27. The normalized spacial score (nSPS) is 13.3. The van der Waals surface area contributed by atoms with Gasteiger partial charge in [0.15, 0.2) is 0 Å². The Morgan fingerprint density at radius 3 is 2.91 bits per heavy atom. The van der Waals surface area contributed by atoms with Crippen LogP contribution in [0.4, 0.5) is 0 Å². The molecule has 0 radical (unpaired) electrons. The fourth-order valence-corrected chi connectivity index (χ4v) is 1.00. The van der Waals surface area contributed by atoms with Crippen LogP contribution in [0.3, 0.4) is 0 Å². The number of imidazole rings is 1. The molecule has 0 fully saturated rings. The molecule has 0 aromatic carbocycles. The van der Waals surface area contributed by atoms with E-state index in [1.807, 2.05) is 17.1 Å². The van der Waals surface area contributed by atoms with Crippen LogP contribution in [0.2, 0.25) is 0 Å². The maximum Gasteiger partial charge on any atom is 0.0946 e. The lowest BCUT2D eigenvalue weighted by atomic mass is 10.3. The van der Waals surface area contributed by atoms with Crippen LogP contribution < -0.4 is 0 Å². The molecule has 1 heterocycles. The molecule has 0 saturated carbocycles. The zero-order valence-corrected chi connectivity index (χ0v) is 7.03. The van der Waals surface area contributed by atoms with E-state index in [1.165, 1.54) is 0 Å². The van der Waals surface area contributed by atoms with Crippen LogP contribution in [0, 0.1) is 0 Å². The highest BCUT2D eigenvalue weighted by atomic mass is 16.5. The topological polar surface area (TPSA) is 27.1 Å². The Bertz CT molecular complexity index is 180. The standard InChI is InChI=1S/C8H14N2O/c1-3-8(11-2)6-10-5-4-9-7-10/h4-5,7-8H,3,6H2,1-2H3. The average molecular weight is 154 g/mol. The Morgan fingerprint density at radius 2 is 2.45 bits per heavy atom. The lowest BCUT2D eigenvalue weighted by Crippen LogP contribution is -2.16. The molecule has 3 heteroatoms. The van der Waals surface area contributed by atoms with Gasteiger partial charge in [-0.05, 0) is 6.42 Å². The van der Waals surface area contributed by atoms with E-state index in [1.54, 1.807) is 13.3 Å². The third-order valence-corrected chi connectivity index (χ3v) is 1.76. The number of hydrogen-bond donors (Lipinski definition) is 0. The quantitative estimate of drug-likeness (QED) is 0.653. The lowest BCUT2D eigenvalue weighted by Gasteiger charge is -2.12. The van der Waals surface area contributed by atoms with Gasteiger partial charge in [-0.2, -0.15) is 0 Å². The SMILES string of the molecule is CCC(Cn1ccnc1)OC. The Kier molecular flexibility index (Phi) is 3.11.